The Morgan fingerprint density at radius 2 is 1.85 bits per heavy atom. The van der Waals surface area contributed by atoms with Crippen molar-refractivity contribution in [2.75, 3.05) is 20.2 Å². The smallest absolute Gasteiger partial charge is 0.410 e. The molecule has 1 atom stereocenters. The number of carbonyl (C=O) groups excluding carboxylic acids is 3. The summed E-state index contributed by atoms with van der Waals surface area (Å²) in [5.74, 6) is -0.823. The summed E-state index contributed by atoms with van der Waals surface area (Å²) in [6.07, 6.45) is -0.760. The van der Waals surface area contributed by atoms with Crippen molar-refractivity contribution in [2.45, 2.75) is 46.1 Å². The van der Waals surface area contributed by atoms with E-state index in [2.05, 4.69) is 16.4 Å². The SMILES string of the molecule is C.CN(CC(N)=O)C(=O)OCc1cccc2c(C#N)nc(C(COCc3ccccc3)NC(=O)C(C)(C)N)n12. The van der Waals surface area contributed by atoms with E-state index in [0.717, 1.165) is 10.5 Å². The van der Waals surface area contributed by atoms with Gasteiger partial charge in [-0.15, -0.1) is 0 Å². The summed E-state index contributed by atoms with van der Waals surface area (Å²) in [4.78, 5) is 41.8. The average molecular weight is 538 g/mol. The first-order chi connectivity index (χ1) is 18.0. The van der Waals surface area contributed by atoms with Crippen LogP contribution in [0.1, 0.15) is 50.1 Å². The number of rotatable bonds is 11. The van der Waals surface area contributed by atoms with Gasteiger partial charge in [-0.25, -0.2) is 9.78 Å². The van der Waals surface area contributed by atoms with Crippen LogP contribution in [-0.4, -0.2) is 57.9 Å². The average Bonchev–Trinajstić information content (AvgIpc) is 3.25. The van der Waals surface area contributed by atoms with Gasteiger partial charge in [-0.1, -0.05) is 43.8 Å². The van der Waals surface area contributed by atoms with Crippen LogP contribution >= 0.6 is 0 Å². The van der Waals surface area contributed by atoms with E-state index >= 15 is 0 Å². The Labute approximate surface area is 227 Å². The van der Waals surface area contributed by atoms with Crippen LogP contribution in [0.25, 0.3) is 5.52 Å². The van der Waals surface area contributed by atoms with Crippen molar-refractivity contribution in [1.29, 1.82) is 5.26 Å². The molecule has 0 aliphatic heterocycles. The molecule has 0 spiro atoms. The van der Waals surface area contributed by atoms with E-state index in [-0.39, 0.29) is 39.5 Å². The zero-order valence-corrected chi connectivity index (χ0v) is 21.5. The van der Waals surface area contributed by atoms with Crippen LogP contribution in [0, 0.1) is 11.3 Å². The molecule has 3 amide bonds. The number of imidazole rings is 1. The largest absolute Gasteiger partial charge is 0.443 e. The third-order valence-electron chi connectivity index (χ3n) is 5.52. The molecule has 0 aliphatic carbocycles. The lowest BCUT2D eigenvalue weighted by Gasteiger charge is -2.24. The molecule has 0 saturated heterocycles. The zero-order valence-electron chi connectivity index (χ0n) is 21.5. The minimum absolute atomic E-state index is 0. The van der Waals surface area contributed by atoms with E-state index in [4.69, 9.17) is 20.9 Å². The fourth-order valence-corrected chi connectivity index (χ4v) is 3.60. The van der Waals surface area contributed by atoms with Crippen molar-refractivity contribution in [3.63, 3.8) is 0 Å². The number of nitrogens with one attached hydrogen (secondary N) is 1. The first-order valence-electron chi connectivity index (χ1n) is 11.8. The number of benzene rings is 1. The lowest BCUT2D eigenvalue weighted by Crippen LogP contribution is -2.51. The predicted octanol–water partition coefficient (Wildman–Crippen LogP) is 2.01. The van der Waals surface area contributed by atoms with Gasteiger partial charge in [-0.05, 0) is 31.5 Å². The highest BCUT2D eigenvalue weighted by Crippen LogP contribution is 2.23. The molecule has 1 unspecified atom stereocenters. The number of hydrogen-bond donors (Lipinski definition) is 3. The van der Waals surface area contributed by atoms with Gasteiger partial charge in [0.25, 0.3) is 0 Å². The fraction of sp³-hybridized carbons (Fsp3) is 0.370. The van der Waals surface area contributed by atoms with Crippen molar-refractivity contribution in [3.8, 4) is 6.07 Å². The van der Waals surface area contributed by atoms with Gasteiger partial charge >= 0.3 is 6.09 Å². The number of likely N-dealkylation sites (N-methyl/N-ethyl adjacent to an activating group) is 1. The van der Waals surface area contributed by atoms with E-state index in [1.807, 2.05) is 30.3 Å². The molecule has 0 bridgehead atoms. The van der Waals surface area contributed by atoms with E-state index in [9.17, 15) is 19.6 Å². The number of primary amides is 1. The number of nitrogens with two attached hydrogens (primary N) is 2. The zero-order chi connectivity index (χ0) is 27.9. The van der Waals surface area contributed by atoms with E-state index in [1.54, 1.807) is 36.4 Å². The van der Waals surface area contributed by atoms with Crippen LogP contribution in [0.4, 0.5) is 4.79 Å². The summed E-state index contributed by atoms with van der Waals surface area (Å²) in [7, 11) is 1.38. The van der Waals surface area contributed by atoms with Gasteiger partial charge in [-0.3, -0.25) is 14.0 Å². The minimum atomic E-state index is -1.19. The topological polar surface area (TPSA) is 178 Å². The van der Waals surface area contributed by atoms with Gasteiger partial charge < -0.3 is 31.2 Å². The highest BCUT2D eigenvalue weighted by atomic mass is 16.6. The van der Waals surface area contributed by atoms with Crippen LogP contribution in [0.2, 0.25) is 0 Å². The summed E-state index contributed by atoms with van der Waals surface area (Å²) >= 11 is 0. The second-order valence-corrected chi connectivity index (χ2v) is 9.29. The number of fused-ring (bicyclic) bond motifs is 1. The molecule has 1 aromatic carbocycles. The van der Waals surface area contributed by atoms with E-state index in [0.29, 0.717) is 17.0 Å². The summed E-state index contributed by atoms with van der Waals surface area (Å²) in [5, 5.41) is 12.6. The number of nitrogens with zero attached hydrogens (tertiary/aromatic N) is 4. The van der Waals surface area contributed by atoms with Crippen LogP contribution in [0.15, 0.2) is 48.5 Å². The molecule has 2 aromatic heterocycles. The Balaban J connectivity index is 0.00000533. The summed E-state index contributed by atoms with van der Waals surface area (Å²) in [6, 6.07) is 15.9. The molecule has 12 nitrogen and oxygen atoms in total. The second-order valence-electron chi connectivity index (χ2n) is 9.29. The molecular formula is C27H35N7O5. The van der Waals surface area contributed by atoms with Gasteiger partial charge in [0, 0.05) is 7.05 Å². The Hall–Kier alpha value is -4.47. The van der Waals surface area contributed by atoms with Crippen molar-refractivity contribution >= 4 is 23.4 Å². The van der Waals surface area contributed by atoms with E-state index < -0.39 is 29.5 Å². The monoisotopic (exact) mass is 537 g/mol. The van der Waals surface area contributed by atoms with Crippen LogP contribution < -0.4 is 16.8 Å². The molecular weight excluding hydrogens is 502 g/mol. The number of pyridine rings is 1. The molecule has 0 radical (unpaired) electrons. The quantitative estimate of drug-likeness (QED) is 0.332. The van der Waals surface area contributed by atoms with Gasteiger partial charge in [0.2, 0.25) is 11.8 Å². The molecule has 12 heteroatoms. The summed E-state index contributed by atoms with van der Waals surface area (Å²) in [5.41, 5.74) is 12.0. The fourth-order valence-electron chi connectivity index (χ4n) is 3.60. The van der Waals surface area contributed by atoms with E-state index in [1.165, 1.54) is 7.05 Å². The molecule has 2 heterocycles. The lowest BCUT2D eigenvalue weighted by atomic mass is 10.1. The Kier molecular flexibility index (Phi) is 10.5. The molecule has 3 aromatic rings. The van der Waals surface area contributed by atoms with Crippen molar-refractivity contribution in [3.05, 3.63) is 71.3 Å². The third kappa shape index (κ3) is 8.00. The number of nitriles is 1. The Morgan fingerprint density at radius 3 is 2.46 bits per heavy atom. The number of amides is 3. The van der Waals surface area contributed by atoms with Crippen LogP contribution in [-0.2, 0) is 32.3 Å². The standard InChI is InChI=1S/C26H31N7O5.CH4/c1-26(2,29)24(35)31-20(16-37-14-17-8-5-4-6-9-17)23-30-19(12-27)21-11-7-10-18(33(21)23)15-38-25(36)32(3)13-22(28)34;/h4-11,20H,13-16,29H2,1-3H3,(H2,28,34)(H,31,35);1H4. The molecule has 0 fully saturated rings. The van der Waals surface area contributed by atoms with Crippen molar-refractivity contribution in [2.24, 2.45) is 11.5 Å². The summed E-state index contributed by atoms with van der Waals surface area (Å²) in [6.45, 7) is 2.94. The molecule has 208 valence electrons. The highest BCUT2D eigenvalue weighted by Gasteiger charge is 2.29. The molecule has 5 N–H and O–H groups in total. The van der Waals surface area contributed by atoms with Gasteiger partial charge in [0.05, 0.1) is 30.0 Å². The lowest BCUT2D eigenvalue weighted by molar-refractivity contribution is -0.126. The number of aromatic nitrogens is 2. The molecule has 0 aliphatic rings. The molecule has 3 rings (SSSR count). The first-order valence-corrected chi connectivity index (χ1v) is 11.8. The normalized spacial score (nSPS) is 11.7. The van der Waals surface area contributed by atoms with Crippen molar-refractivity contribution < 1.29 is 23.9 Å². The molecule has 39 heavy (non-hydrogen) atoms. The maximum absolute atomic E-state index is 12.9. The second kappa shape index (κ2) is 13.4. The van der Waals surface area contributed by atoms with Gasteiger partial charge in [0.1, 0.15) is 31.1 Å². The number of hydrogen-bond acceptors (Lipinski definition) is 8. The van der Waals surface area contributed by atoms with Crippen molar-refractivity contribution in [1.82, 2.24) is 19.6 Å². The third-order valence-corrected chi connectivity index (χ3v) is 5.52. The predicted molar refractivity (Wildman–Crippen MR) is 144 cm³/mol. The first kappa shape index (κ1) is 30.8. The highest BCUT2D eigenvalue weighted by molar-refractivity contribution is 5.85. The summed E-state index contributed by atoms with van der Waals surface area (Å²) < 4.78 is 12.9. The Bertz CT molecular complexity index is 1340. The van der Waals surface area contributed by atoms with Crippen LogP contribution in [0.3, 0.4) is 0 Å². The van der Waals surface area contributed by atoms with Gasteiger partial charge in [0.15, 0.2) is 5.69 Å². The number of ether oxygens (including phenoxy) is 2. The molecule has 0 saturated carbocycles. The van der Waals surface area contributed by atoms with Crippen LogP contribution in [0.5, 0.6) is 0 Å². The maximum atomic E-state index is 12.9. The Morgan fingerprint density at radius 1 is 1.15 bits per heavy atom. The van der Waals surface area contributed by atoms with Gasteiger partial charge in [-0.2, -0.15) is 5.26 Å². The minimum Gasteiger partial charge on any atom is -0.443 e. The number of carbonyl (C=O) groups is 3. The maximum Gasteiger partial charge on any atom is 0.410 e.